The number of hydrogen-bond acceptors (Lipinski definition) is 3. The summed E-state index contributed by atoms with van der Waals surface area (Å²) < 4.78 is 15.5. The monoisotopic (exact) mass is 413 g/mol. The highest BCUT2D eigenvalue weighted by Gasteiger charge is 2.40. The number of nitrogens with zero attached hydrogens (tertiary/aromatic N) is 1. The first-order valence-corrected chi connectivity index (χ1v) is 11.2. The van der Waals surface area contributed by atoms with Gasteiger partial charge in [0.1, 0.15) is 11.9 Å². The smallest absolute Gasteiger partial charge is 0.255 e. The summed E-state index contributed by atoms with van der Waals surface area (Å²) in [6.07, 6.45) is 6.47. The zero-order valence-electron chi connectivity index (χ0n) is 18.0. The van der Waals surface area contributed by atoms with E-state index >= 15 is 4.39 Å². The average Bonchev–Trinajstić information content (AvgIpc) is 3.02. The van der Waals surface area contributed by atoms with Gasteiger partial charge in [0.05, 0.1) is 6.54 Å². The van der Waals surface area contributed by atoms with Crippen LogP contribution < -0.4 is 10.6 Å². The summed E-state index contributed by atoms with van der Waals surface area (Å²) in [5.74, 6) is -0.340. The molecule has 4 rings (SSSR count). The molecule has 2 aliphatic heterocycles. The Balaban J connectivity index is 1.53. The summed E-state index contributed by atoms with van der Waals surface area (Å²) in [7, 11) is 0. The van der Waals surface area contributed by atoms with Crippen LogP contribution in [0.4, 0.5) is 4.39 Å². The molecular formula is C24H32FN3O2. The Morgan fingerprint density at radius 3 is 2.73 bits per heavy atom. The van der Waals surface area contributed by atoms with Crippen LogP contribution in [0.25, 0.3) is 0 Å². The van der Waals surface area contributed by atoms with Crippen LogP contribution in [-0.2, 0) is 17.8 Å². The minimum Gasteiger partial charge on any atom is -0.329 e. The molecule has 0 radical (unpaired) electrons. The van der Waals surface area contributed by atoms with Crippen molar-refractivity contribution in [3.05, 3.63) is 46.9 Å². The highest BCUT2D eigenvalue weighted by Crippen LogP contribution is 2.34. The molecule has 1 aromatic rings. The number of halogens is 1. The second-order valence-corrected chi connectivity index (χ2v) is 9.32. The van der Waals surface area contributed by atoms with Gasteiger partial charge in [-0.1, -0.05) is 39.3 Å². The topological polar surface area (TPSA) is 61.4 Å². The lowest BCUT2D eigenvalue weighted by atomic mass is 9.80. The van der Waals surface area contributed by atoms with Gasteiger partial charge in [-0.2, -0.15) is 0 Å². The number of allylic oxidation sites excluding steroid dienone is 1. The van der Waals surface area contributed by atoms with Gasteiger partial charge >= 0.3 is 0 Å². The first-order chi connectivity index (χ1) is 14.3. The zero-order chi connectivity index (χ0) is 21.4. The molecule has 1 aromatic carbocycles. The van der Waals surface area contributed by atoms with E-state index in [2.05, 4.69) is 31.1 Å². The van der Waals surface area contributed by atoms with E-state index in [0.29, 0.717) is 59.7 Å². The molecule has 0 aromatic heterocycles. The molecule has 0 bridgehead atoms. The van der Waals surface area contributed by atoms with Crippen molar-refractivity contribution in [2.24, 2.45) is 5.92 Å². The minimum atomic E-state index is -0.559. The van der Waals surface area contributed by atoms with E-state index in [1.807, 2.05) is 0 Å². The molecule has 2 amide bonds. The number of piperidine rings is 1. The number of carbonyl (C=O) groups excluding carboxylic acids is 2. The van der Waals surface area contributed by atoms with Crippen LogP contribution in [0.15, 0.2) is 24.4 Å². The number of amides is 2. The fourth-order valence-corrected chi connectivity index (χ4v) is 5.27. The van der Waals surface area contributed by atoms with Crippen molar-refractivity contribution in [1.82, 2.24) is 15.5 Å². The molecule has 2 heterocycles. The second-order valence-electron chi connectivity index (χ2n) is 9.32. The maximum absolute atomic E-state index is 15.5. The van der Waals surface area contributed by atoms with Crippen LogP contribution in [0.5, 0.6) is 0 Å². The number of hydrogen-bond donors (Lipinski definition) is 2. The molecule has 3 aliphatic rings. The zero-order valence-corrected chi connectivity index (χ0v) is 18.0. The molecule has 2 fully saturated rings. The highest BCUT2D eigenvalue weighted by molar-refractivity contribution is 6.01. The van der Waals surface area contributed by atoms with E-state index in [1.54, 1.807) is 12.1 Å². The van der Waals surface area contributed by atoms with E-state index in [1.165, 1.54) is 17.7 Å². The number of rotatable bonds is 5. The summed E-state index contributed by atoms with van der Waals surface area (Å²) in [5, 5.41) is 6.38. The predicted octanol–water partition coefficient (Wildman–Crippen LogP) is 3.67. The molecule has 0 spiro atoms. The predicted molar refractivity (Wildman–Crippen MR) is 114 cm³/mol. The maximum Gasteiger partial charge on any atom is 0.255 e. The molecule has 162 valence electrons. The first-order valence-electron chi connectivity index (χ1n) is 11.2. The standard InChI is InChI=1S/C24H32FN3O2/c1-14(2)26-20-7-5-4-6-16(20)12-17-9-10-18-19(22(17)25)13-28(24(18)30)21-11-8-15(3)27-23(21)29/h9-10,14,16,20-21,26H,3-8,11-13H2,1-2H3,(H,27,29)/t16-,20+,21?/m1/s1. The van der Waals surface area contributed by atoms with Crippen molar-refractivity contribution in [2.75, 3.05) is 0 Å². The first kappa shape index (κ1) is 21.0. The van der Waals surface area contributed by atoms with Crippen LogP contribution in [-0.4, -0.2) is 34.8 Å². The van der Waals surface area contributed by atoms with E-state index in [9.17, 15) is 9.59 Å². The van der Waals surface area contributed by atoms with Gasteiger partial charge in [-0.05, 0) is 49.7 Å². The third-order valence-corrected chi connectivity index (χ3v) is 6.78. The van der Waals surface area contributed by atoms with Crippen molar-refractivity contribution in [3.63, 3.8) is 0 Å². The average molecular weight is 414 g/mol. The lowest BCUT2D eigenvalue weighted by Crippen LogP contribution is -2.49. The molecule has 3 atom stereocenters. The minimum absolute atomic E-state index is 0.163. The van der Waals surface area contributed by atoms with Crippen LogP contribution in [0.2, 0.25) is 0 Å². The normalized spacial score (nSPS) is 26.9. The summed E-state index contributed by atoms with van der Waals surface area (Å²) in [4.78, 5) is 26.8. The lowest BCUT2D eigenvalue weighted by Gasteiger charge is -2.34. The second kappa shape index (κ2) is 8.50. The summed E-state index contributed by atoms with van der Waals surface area (Å²) in [5.41, 5.74) is 2.20. The number of fused-ring (bicyclic) bond motifs is 1. The third kappa shape index (κ3) is 4.02. The van der Waals surface area contributed by atoms with Crippen LogP contribution in [0, 0.1) is 11.7 Å². The Morgan fingerprint density at radius 2 is 2.00 bits per heavy atom. The van der Waals surface area contributed by atoms with Crippen molar-refractivity contribution >= 4 is 11.8 Å². The Hall–Kier alpha value is -2.21. The molecular weight excluding hydrogens is 381 g/mol. The SMILES string of the molecule is C=C1CCC(N2Cc3c(ccc(C[C@H]4CCCC[C@@H]4NC(C)C)c3F)C2=O)C(=O)N1. The largest absolute Gasteiger partial charge is 0.329 e. The van der Waals surface area contributed by atoms with Gasteiger partial charge in [0.2, 0.25) is 5.91 Å². The molecule has 6 heteroatoms. The van der Waals surface area contributed by atoms with E-state index < -0.39 is 6.04 Å². The van der Waals surface area contributed by atoms with Gasteiger partial charge in [0.25, 0.3) is 5.91 Å². The lowest BCUT2D eigenvalue weighted by molar-refractivity contribution is -0.126. The fourth-order valence-electron chi connectivity index (χ4n) is 5.27. The van der Waals surface area contributed by atoms with Crippen LogP contribution in [0.3, 0.4) is 0 Å². The van der Waals surface area contributed by atoms with Gasteiger partial charge in [-0.25, -0.2) is 4.39 Å². The Labute approximate surface area is 178 Å². The number of benzene rings is 1. The van der Waals surface area contributed by atoms with Crippen molar-refractivity contribution in [3.8, 4) is 0 Å². The summed E-state index contributed by atoms with van der Waals surface area (Å²) in [6, 6.07) is 3.78. The molecule has 1 saturated heterocycles. The third-order valence-electron chi connectivity index (χ3n) is 6.78. The Bertz CT molecular complexity index is 866. The molecule has 1 saturated carbocycles. The van der Waals surface area contributed by atoms with Gasteiger partial charge in [-0.3, -0.25) is 9.59 Å². The Morgan fingerprint density at radius 1 is 1.23 bits per heavy atom. The van der Waals surface area contributed by atoms with E-state index in [4.69, 9.17) is 0 Å². The highest BCUT2D eigenvalue weighted by atomic mass is 19.1. The fraction of sp³-hybridized carbons (Fsp3) is 0.583. The maximum atomic E-state index is 15.5. The Kier molecular flexibility index (Phi) is 5.96. The van der Waals surface area contributed by atoms with Gasteiger partial charge in [-0.15, -0.1) is 0 Å². The van der Waals surface area contributed by atoms with Crippen molar-refractivity contribution in [2.45, 2.75) is 83.5 Å². The summed E-state index contributed by atoms with van der Waals surface area (Å²) >= 11 is 0. The van der Waals surface area contributed by atoms with E-state index in [-0.39, 0.29) is 24.2 Å². The number of nitrogens with one attached hydrogen (secondary N) is 2. The molecule has 2 N–H and O–H groups in total. The van der Waals surface area contributed by atoms with Crippen LogP contribution >= 0.6 is 0 Å². The van der Waals surface area contributed by atoms with Gasteiger partial charge in [0.15, 0.2) is 0 Å². The van der Waals surface area contributed by atoms with Crippen LogP contribution in [0.1, 0.15) is 73.9 Å². The molecule has 1 aliphatic carbocycles. The van der Waals surface area contributed by atoms with Crippen molar-refractivity contribution < 1.29 is 14.0 Å². The van der Waals surface area contributed by atoms with Gasteiger partial charge < -0.3 is 15.5 Å². The summed E-state index contributed by atoms with van der Waals surface area (Å²) in [6.45, 7) is 8.25. The van der Waals surface area contributed by atoms with Gasteiger partial charge in [0, 0.05) is 28.9 Å². The molecule has 30 heavy (non-hydrogen) atoms. The van der Waals surface area contributed by atoms with Crippen molar-refractivity contribution in [1.29, 1.82) is 0 Å². The molecule has 1 unspecified atom stereocenters. The van der Waals surface area contributed by atoms with E-state index in [0.717, 1.165) is 12.8 Å². The molecule has 5 nitrogen and oxygen atoms in total. The number of carbonyl (C=O) groups is 2. The quantitative estimate of drug-likeness (QED) is 0.774.